The van der Waals surface area contributed by atoms with Crippen molar-refractivity contribution in [2.45, 2.75) is 46.6 Å². The first kappa shape index (κ1) is 14.4. The summed E-state index contributed by atoms with van der Waals surface area (Å²) < 4.78 is 2.84. The molecule has 0 aliphatic heterocycles. The van der Waals surface area contributed by atoms with Crippen LogP contribution in [-0.4, -0.2) is 39.3 Å². The van der Waals surface area contributed by atoms with Crippen LogP contribution >= 0.6 is 12.2 Å². The van der Waals surface area contributed by atoms with Crippen LogP contribution in [0, 0.1) is 11.7 Å². The zero-order valence-electron chi connectivity index (χ0n) is 11.4. The molecule has 1 atom stereocenters. The number of hydrogen-bond acceptors (Lipinski definition) is 3. The molecule has 0 aliphatic rings. The quantitative estimate of drug-likeness (QED) is 0.762. The Labute approximate surface area is 109 Å². The van der Waals surface area contributed by atoms with Crippen LogP contribution in [0.3, 0.4) is 0 Å². The van der Waals surface area contributed by atoms with Crippen LogP contribution in [0.25, 0.3) is 0 Å². The lowest BCUT2D eigenvalue weighted by Gasteiger charge is -2.20. The lowest BCUT2D eigenvalue weighted by atomic mass is 10.1. The fourth-order valence-electron chi connectivity index (χ4n) is 2.18. The Hall–Kier alpha value is -0.680. The summed E-state index contributed by atoms with van der Waals surface area (Å²) in [5.41, 5.74) is 0. The molecule has 1 N–H and O–H groups in total. The smallest absolute Gasteiger partial charge is 0.195 e. The average molecular weight is 256 g/mol. The average Bonchev–Trinajstić information content (AvgIpc) is 2.64. The SMILES string of the molecule is CCN(CC)CCCC(C)n1c(C)n[nH]c1=S. The second kappa shape index (κ2) is 6.91. The van der Waals surface area contributed by atoms with Crippen molar-refractivity contribution in [2.75, 3.05) is 19.6 Å². The van der Waals surface area contributed by atoms with Gasteiger partial charge in [-0.15, -0.1) is 0 Å². The summed E-state index contributed by atoms with van der Waals surface area (Å²) in [4.78, 5) is 2.45. The van der Waals surface area contributed by atoms with Crippen molar-refractivity contribution in [1.82, 2.24) is 19.7 Å². The van der Waals surface area contributed by atoms with Crippen molar-refractivity contribution in [1.29, 1.82) is 0 Å². The Morgan fingerprint density at radius 2 is 2.06 bits per heavy atom. The van der Waals surface area contributed by atoms with Gasteiger partial charge in [-0.1, -0.05) is 13.8 Å². The third kappa shape index (κ3) is 3.92. The van der Waals surface area contributed by atoms with E-state index in [1.54, 1.807) is 0 Å². The molecule has 0 radical (unpaired) electrons. The molecular weight excluding hydrogens is 232 g/mol. The summed E-state index contributed by atoms with van der Waals surface area (Å²) in [7, 11) is 0. The van der Waals surface area contributed by atoms with Gasteiger partial charge >= 0.3 is 0 Å². The van der Waals surface area contributed by atoms with E-state index >= 15 is 0 Å². The molecule has 1 aromatic heterocycles. The first-order chi connectivity index (χ1) is 8.10. The van der Waals surface area contributed by atoms with Crippen LogP contribution in [-0.2, 0) is 0 Å². The van der Waals surface area contributed by atoms with Gasteiger partial charge in [0.05, 0.1) is 0 Å². The minimum atomic E-state index is 0.428. The Balaban J connectivity index is 2.45. The van der Waals surface area contributed by atoms with Gasteiger partial charge in [-0.25, -0.2) is 0 Å². The Kier molecular flexibility index (Phi) is 5.85. The zero-order valence-corrected chi connectivity index (χ0v) is 12.2. The molecule has 0 aromatic carbocycles. The fraction of sp³-hybridized carbons (Fsp3) is 0.833. The summed E-state index contributed by atoms with van der Waals surface area (Å²) in [5, 5.41) is 6.99. The van der Waals surface area contributed by atoms with Gasteiger partial charge in [0.1, 0.15) is 5.82 Å². The molecule has 0 saturated heterocycles. The first-order valence-electron chi connectivity index (χ1n) is 6.46. The molecule has 0 saturated carbocycles. The Morgan fingerprint density at radius 3 is 2.53 bits per heavy atom. The van der Waals surface area contributed by atoms with Crippen molar-refractivity contribution in [2.24, 2.45) is 0 Å². The number of aryl methyl sites for hydroxylation is 1. The number of hydrogen-bond donors (Lipinski definition) is 1. The lowest BCUT2D eigenvalue weighted by molar-refractivity contribution is 0.287. The summed E-state index contributed by atoms with van der Waals surface area (Å²) >= 11 is 5.23. The van der Waals surface area contributed by atoms with Gasteiger partial charge in [-0.3, -0.25) is 5.10 Å². The maximum atomic E-state index is 5.23. The monoisotopic (exact) mass is 256 g/mol. The molecule has 0 spiro atoms. The molecule has 0 aliphatic carbocycles. The number of nitrogens with one attached hydrogen (secondary N) is 1. The highest BCUT2D eigenvalue weighted by atomic mass is 32.1. The highest BCUT2D eigenvalue weighted by Gasteiger charge is 2.10. The molecule has 0 bridgehead atoms. The minimum absolute atomic E-state index is 0.428. The molecule has 4 nitrogen and oxygen atoms in total. The molecule has 98 valence electrons. The molecule has 0 fully saturated rings. The summed E-state index contributed by atoms with van der Waals surface area (Å²) in [6.45, 7) is 12.1. The van der Waals surface area contributed by atoms with Crippen LogP contribution in [0.5, 0.6) is 0 Å². The van der Waals surface area contributed by atoms with Crippen molar-refractivity contribution in [3.05, 3.63) is 10.6 Å². The third-order valence-corrected chi connectivity index (χ3v) is 3.60. The maximum absolute atomic E-state index is 5.23. The van der Waals surface area contributed by atoms with Gasteiger partial charge in [0.2, 0.25) is 0 Å². The van der Waals surface area contributed by atoms with E-state index in [-0.39, 0.29) is 0 Å². The van der Waals surface area contributed by atoms with Crippen molar-refractivity contribution in [3.63, 3.8) is 0 Å². The largest absolute Gasteiger partial charge is 0.304 e. The van der Waals surface area contributed by atoms with Crippen molar-refractivity contribution in [3.8, 4) is 0 Å². The first-order valence-corrected chi connectivity index (χ1v) is 6.86. The van der Waals surface area contributed by atoms with Crippen LogP contribution in [0.2, 0.25) is 0 Å². The van der Waals surface area contributed by atoms with Crippen molar-refractivity contribution >= 4 is 12.2 Å². The molecule has 1 aromatic rings. The molecule has 17 heavy (non-hydrogen) atoms. The Bertz CT molecular complexity index is 378. The highest BCUT2D eigenvalue weighted by molar-refractivity contribution is 7.71. The van der Waals surface area contributed by atoms with Gasteiger partial charge < -0.3 is 9.47 Å². The summed E-state index contributed by atoms with van der Waals surface area (Å²) in [5.74, 6) is 0.977. The van der Waals surface area contributed by atoms with E-state index in [0.717, 1.165) is 30.1 Å². The van der Waals surface area contributed by atoms with Crippen LogP contribution in [0.4, 0.5) is 0 Å². The van der Waals surface area contributed by atoms with Gasteiger partial charge in [0, 0.05) is 6.04 Å². The predicted molar refractivity (Wildman–Crippen MR) is 73.9 cm³/mol. The standard InChI is InChI=1S/C12H24N4S/c1-5-15(6-2)9-7-8-10(3)16-11(4)13-14-12(16)17/h10H,5-9H2,1-4H3,(H,14,17). The molecule has 1 unspecified atom stereocenters. The van der Waals surface area contributed by atoms with Crippen LogP contribution in [0.1, 0.15) is 45.5 Å². The van der Waals surface area contributed by atoms with E-state index in [9.17, 15) is 0 Å². The van der Waals surface area contributed by atoms with Gasteiger partial charge in [-0.2, -0.15) is 5.10 Å². The van der Waals surface area contributed by atoms with Gasteiger partial charge in [-0.05, 0) is 58.5 Å². The van der Waals surface area contributed by atoms with Gasteiger partial charge in [0.15, 0.2) is 4.77 Å². The Morgan fingerprint density at radius 1 is 1.41 bits per heavy atom. The molecule has 1 rings (SSSR count). The second-order valence-electron chi connectivity index (χ2n) is 4.46. The predicted octanol–water partition coefficient (Wildman–Crippen LogP) is 2.93. The molecular formula is C12H24N4S. The number of H-pyrrole nitrogens is 1. The topological polar surface area (TPSA) is 36.9 Å². The van der Waals surface area contributed by atoms with Crippen LogP contribution < -0.4 is 0 Å². The summed E-state index contributed by atoms with van der Waals surface area (Å²) in [6.07, 6.45) is 2.35. The lowest BCUT2D eigenvalue weighted by Crippen LogP contribution is -2.24. The van der Waals surface area contributed by atoms with E-state index in [4.69, 9.17) is 12.2 Å². The normalized spacial score (nSPS) is 13.2. The van der Waals surface area contributed by atoms with Crippen LogP contribution in [0.15, 0.2) is 0 Å². The van der Waals surface area contributed by atoms with E-state index < -0.39 is 0 Å². The third-order valence-electron chi connectivity index (χ3n) is 3.31. The van der Waals surface area contributed by atoms with E-state index in [2.05, 4.69) is 40.4 Å². The molecule has 0 amide bonds. The second-order valence-corrected chi connectivity index (χ2v) is 4.85. The minimum Gasteiger partial charge on any atom is -0.304 e. The maximum Gasteiger partial charge on any atom is 0.195 e. The number of rotatable bonds is 7. The number of nitrogens with zero attached hydrogens (tertiary/aromatic N) is 3. The highest BCUT2D eigenvalue weighted by Crippen LogP contribution is 2.15. The fourth-order valence-corrected chi connectivity index (χ4v) is 2.54. The van der Waals surface area contributed by atoms with E-state index in [0.29, 0.717) is 6.04 Å². The zero-order chi connectivity index (χ0) is 12.8. The number of aromatic amines is 1. The summed E-state index contributed by atoms with van der Waals surface area (Å²) in [6, 6.07) is 0.428. The van der Waals surface area contributed by atoms with Gasteiger partial charge in [0.25, 0.3) is 0 Å². The molecule has 1 heterocycles. The van der Waals surface area contributed by atoms with E-state index in [1.807, 2.05) is 6.92 Å². The van der Waals surface area contributed by atoms with Crippen molar-refractivity contribution < 1.29 is 0 Å². The van der Waals surface area contributed by atoms with E-state index in [1.165, 1.54) is 13.0 Å². The number of aromatic nitrogens is 3. The molecule has 5 heteroatoms.